The Morgan fingerprint density at radius 1 is 1.33 bits per heavy atom. The monoisotopic (exact) mass is 150 g/mol. The van der Waals surface area contributed by atoms with Crippen LogP contribution in [0.1, 0.15) is 26.7 Å². The molecule has 0 aromatic carbocycles. The molecule has 0 amide bonds. The molecule has 0 fully saturated rings. The second-order valence-corrected chi connectivity index (χ2v) is 3.09. The van der Waals surface area contributed by atoms with Crippen LogP contribution in [0.15, 0.2) is 0 Å². The van der Waals surface area contributed by atoms with Crippen LogP contribution >= 0.6 is 11.6 Å². The second kappa shape index (κ2) is 5.07. The van der Waals surface area contributed by atoms with Gasteiger partial charge in [0.1, 0.15) is 0 Å². The van der Waals surface area contributed by atoms with Crippen LogP contribution in [0.4, 0.5) is 0 Å². The summed E-state index contributed by atoms with van der Waals surface area (Å²) in [6.45, 7) is 4.28. The maximum atomic E-state index is 8.97. The van der Waals surface area contributed by atoms with E-state index in [1.807, 2.05) is 0 Å². The molecule has 0 heterocycles. The minimum Gasteiger partial charge on any atom is -0.392 e. The molecular weight excluding hydrogens is 136 g/mol. The van der Waals surface area contributed by atoms with E-state index < -0.39 is 0 Å². The van der Waals surface area contributed by atoms with Crippen LogP contribution < -0.4 is 0 Å². The normalized spacial score (nSPS) is 14.3. The lowest BCUT2D eigenvalue weighted by atomic mass is 10.1. The number of rotatable bonds is 4. The summed E-state index contributed by atoms with van der Waals surface area (Å²) in [6.07, 6.45) is 1.60. The molecule has 1 atom stereocenters. The maximum absolute atomic E-state index is 8.97. The van der Waals surface area contributed by atoms with Crippen molar-refractivity contribution in [3.8, 4) is 0 Å². The summed E-state index contributed by atoms with van der Waals surface area (Å²) in [5.41, 5.74) is 0. The molecule has 0 radical (unpaired) electrons. The molecule has 0 bridgehead atoms. The molecule has 0 aromatic rings. The van der Waals surface area contributed by atoms with Crippen molar-refractivity contribution in [1.29, 1.82) is 0 Å². The summed E-state index contributed by atoms with van der Waals surface area (Å²) in [7, 11) is 0. The van der Waals surface area contributed by atoms with Crippen LogP contribution in [0.3, 0.4) is 0 Å². The van der Waals surface area contributed by atoms with Gasteiger partial charge in [-0.05, 0) is 18.8 Å². The zero-order chi connectivity index (χ0) is 7.28. The van der Waals surface area contributed by atoms with Crippen molar-refractivity contribution in [3.63, 3.8) is 0 Å². The van der Waals surface area contributed by atoms with Gasteiger partial charge in [0.15, 0.2) is 0 Å². The van der Waals surface area contributed by atoms with E-state index in [-0.39, 0.29) is 6.10 Å². The van der Waals surface area contributed by atoms with Crippen molar-refractivity contribution in [3.05, 3.63) is 0 Å². The number of hydrogen-bond acceptors (Lipinski definition) is 1. The molecule has 1 nitrogen and oxygen atoms in total. The van der Waals surface area contributed by atoms with Gasteiger partial charge in [0.2, 0.25) is 0 Å². The molecule has 0 rings (SSSR count). The van der Waals surface area contributed by atoms with E-state index in [4.69, 9.17) is 16.7 Å². The standard InChI is InChI=1S/C7H15ClO/c1-6(2)3-4-7(9)5-8/h6-7,9H,3-5H2,1-2H3/t7-/m0/s1. The van der Waals surface area contributed by atoms with Crippen LogP contribution in [0.2, 0.25) is 0 Å². The summed E-state index contributed by atoms with van der Waals surface area (Å²) >= 11 is 5.39. The molecule has 0 unspecified atom stereocenters. The molecule has 0 aliphatic heterocycles. The van der Waals surface area contributed by atoms with Crippen molar-refractivity contribution >= 4 is 11.6 Å². The number of aliphatic hydroxyl groups excluding tert-OH is 1. The van der Waals surface area contributed by atoms with E-state index in [9.17, 15) is 0 Å². The van der Waals surface area contributed by atoms with Crippen LogP contribution in [0.25, 0.3) is 0 Å². The number of aliphatic hydroxyl groups is 1. The minimum absolute atomic E-state index is 0.297. The van der Waals surface area contributed by atoms with Crippen molar-refractivity contribution in [2.75, 3.05) is 5.88 Å². The summed E-state index contributed by atoms with van der Waals surface area (Å²) in [4.78, 5) is 0. The molecule has 1 N–H and O–H groups in total. The summed E-state index contributed by atoms with van der Waals surface area (Å²) < 4.78 is 0. The zero-order valence-corrected chi connectivity index (χ0v) is 6.86. The molecule has 0 saturated carbocycles. The molecule has 0 saturated heterocycles. The highest BCUT2D eigenvalue weighted by Crippen LogP contribution is 2.06. The van der Waals surface area contributed by atoms with Gasteiger partial charge >= 0.3 is 0 Å². The predicted molar refractivity (Wildman–Crippen MR) is 40.8 cm³/mol. The van der Waals surface area contributed by atoms with Gasteiger partial charge in [0.05, 0.1) is 6.10 Å². The largest absolute Gasteiger partial charge is 0.392 e. The fourth-order valence-corrected chi connectivity index (χ4v) is 0.757. The molecule has 0 aliphatic rings. The Labute approximate surface area is 62.0 Å². The number of hydrogen-bond donors (Lipinski definition) is 1. The maximum Gasteiger partial charge on any atom is 0.0675 e. The Bertz CT molecular complexity index is 63.9. The Kier molecular flexibility index (Phi) is 5.21. The molecular formula is C7H15ClO. The molecule has 0 aromatic heterocycles. The van der Waals surface area contributed by atoms with Gasteiger partial charge in [-0.25, -0.2) is 0 Å². The quantitative estimate of drug-likeness (QED) is 0.608. The van der Waals surface area contributed by atoms with Crippen molar-refractivity contribution in [2.24, 2.45) is 5.92 Å². The first-order valence-corrected chi connectivity index (χ1v) is 3.94. The van der Waals surface area contributed by atoms with Gasteiger partial charge in [-0.2, -0.15) is 0 Å². The third kappa shape index (κ3) is 6.13. The average Bonchev–Trinajstić information content (AvgIpc) is 1.83. The summed E-state index contributed by atoms with van der Waals surface area (Å²) in [6, 6.07) is 0. The van der Waals surface area contributed by atoms with Gasteiger partial charge in [-0.15, -0.1) is 11.6 Å². The number of alkyl halides is 1. The van der Waals surface area contributed by atoms with Crippen LogP contribution in [-0.2, 0) is 0 Å². The van der Waals surface area contributed by atoms with Gasteiger partial charge in [-0.1, -0.05) is 13.8 Å². The summed E-state index contributed by atoms with van der Waals surface area (Å²) in [5.74, 6) is 1.04. The smallest absolute Gasteiger partial charge is 0.0675 e. The van der Waals surface area contributed by atoms with Crippen LogP contribution in [0.5, 0.6) is 0 Å². The first-order valence-electron chi connectivity index (χ1n) is 3.40. The Morgan fingerprint density at radius 3 is 2.22 bits per heavy atom. The van der Waals surface area contributed by atoms with E-state index in [0.29, 0.717) is 11.8 Å². The first kappa shape index (κ1) is 9.25. The van der Waals surface area contributed by atoms with E-state index >= 15 is 0 Å². The van der Waals surface area contributed by atoms with Crippen molar-refractivity contribution in [1.82, 2.24) is 0 Å². The van der Waals surface area contributed by atoms with Gasteiger partial charge in [-0.3, -0.25) is 0 Å². The fraction of sp³-hybridized carbons (Fsp3) is 1.00. The molecule has 0 spiro atoms. The van der Waals surface area contributed by atoms with E-state index in [1.165, 1.54) is 0 Å². The third-order valence-electron chi connectivity index (χ3n) is 1.26. The van der Waals surface area contributed by atoms with E-state index in [0.717, 1.165) is 12.8 Å². The Morgan fingerprint density at radius 2 is 1.89 bits per heavy atom. The second-order valence-electron chi connectivity index (χ2n) is 2.78. The van der Waals surface area contributed by atoms with Crippen LogP contribution in [0, 0.1) is 5.92 Å². The van der Waals surface area contributed by atoms with Gasteiger partial charge in [0.25, 0.3) is 0 Å². The fourth-order valence-electron chi connectivity index (χ4n) is 0.603. The average molecular weight is 151 g/mol. The third-order valence-corrected chi connectivity index (χ3v) is 1.61. The highest BCUT2D eigenvalue weighted by Gasteiger charge is 2.02. The minimum atomic E-state index is -0.297. The first-order chi connectivity index (χ1) is 4.16. The highest BCUT2D eigenvalue weighted by molar-refractivity contribution is 6.18. The molecule has 56 valence electrons. The number of halogens is 1. The van der Waals surface area contributed by atoms with Gasteiger partial charge in [0, 0.05) is 5.88 Å². The zero-order valence-electron chi connectivity index (χ0n) is 6.10. The lowest BCUT2D eigenvalue weighted by Gasteiger charge is -2.07. The molecule has 2 heteroatoms. The van der Waals surface area contributed by atoms with E-state index in [2.05, 4.69) is 13.8 Å². The van der Waals surface area contributed by atoms with Crippen molar-refractivity contribution in [2.45, 2.75) is 32.8 Å². The lowest BCUT2D eigenvalue weighted by Crippen LogP contribution is -2.08. The van der Waals surface area contributed by atoms with Crippen LogP contribution in [-0.4, -0.2) is 17.1 Å². The van der Waals surface area contributed by atoms with Gasteiger partial charge < -0.3 is 5.11 Å². The van der Waals surface area contributed by atoms with Crippen molar-refractivity contribution < 1.29 is 5.11 Å². The Balaban J connectivity index is 3.06. The summed E-state index contributed by atoms with van der Waals surface area (Å²) in [5, 5.41) is 8.97. The topological polar surface area (TPSA) is 20.2 Å². The van der Waals surface area contributed by atoms with E-state index in [1.54, 1.807) is 0 Å². The SMILES string of the molecule is CC(C)CC[C@H](O)CCl. The molecule has 0 aliphatic carbocycles. The molecule has 9 heavy (non-hydrogen) atoms. The highest BCUT2D eigenvalue weighted by atomic mass is 35.5. The predicted octanol–water partition coefficient (Wildman–Crippen LogP) is 2.02. The lowest BCUT2D eigenvalue weighted by molar-refractivity contribution is 0.179. The Hall–Kier alpha value is 0.250.